The van der Waals surface area contributed by atoms with Crippen molar-refractivity contribution in [2.24, 2.45) is 0 Å². The molecule has 3 aromatic carbocycles. The number of hydrogen-bond acceptors (Lipinski definition) is 2. The number of aromatic nitrogens is 2. The average Bonchev–Trinajstić information content (AvgIpc) is 2.64. The fourth-order valence-electron chi connectivity index (χ4n) is 3.03. The Morgan fingerprint density at radius 1 is 0.538 bits per heavy atom. The molecule has 128 valence electrons. The Balaban J connectivity index is 2.01. The molecule has 0 radical (unpaired) electrons. The zero-order chi connectivity index (χ0) is 18.3. The van der Waals surface area contributed by atoms with Crippen LogP contribution in [0.4, 0.5) is 0 Å². The van der Waals surface area contributed by atoms with Gasteiger partial charge in [0.05, 0.1) is 22.4 Å². The van der Waals surface area contributed by atoms with E-state index in [4.69, 9.17) is 9.97 Å². The average molecular weight is 468 g/mol. The lowest BCUT2D eigenvalue weighted by atomic mass is 9.97. The quantitative estimate of drug-likeness (QED) is 0.314. The van der Waals surface area contributed by atoms with Gasteiger partial charge in [0, 0.05) is 20.1 Å². The summed E-state index contributed by atoms with van der Waals surface area (Å²) in [6.45, 7) is 4.03. The van der Waals surface area contributed by atoms with Gasteiger partial charge in [0.15, 0.2) is 0 Å². The second kappa shape index (κ2) is 6.93. The summed E-state index contributed by atoms with van der Waals surface area (Å²) in [7, 11) is 0. The molecule has 0 fully saturated rings. The van der Waals surface area contributed by atoms with Crippen molar-refractivity contribution in [1.29, 1.82) is 0 Å². The van der Waals surface area contributed by atoms with Crippen molar-refractivity contribution in [1.82, 2.24) is 9.97 Å². The van der Waals surface area contributed by atoms with Crippen molar-refractivity contribution in [2.45, 2.75) is 13.8 Å². The molecule has 4 heteroatoms. The van der Waals surface area contributed by atoms with Gasteiger partial charge in [-0.15, -0.1) is 0 Å². The third-order valence-electron chi connectivity index (χ3n) is 4.54. The molecule has 0 saturated carbocycles. The number of fused-ring (bicyclic) bond motifs is 1. The molecular formula is C22H16Br2N2. The van der Waals surface area contributed by atoms with Gasteiger partial charge in [-0.2, -0.15) is 0 Å². The smallest absolute Gasteiger partial charge is 0.0974 e. The van der Waals surface area contributed by atoms with Crippen molar-refractivity contribution in [3.05, 3.63) is 81.0 Å². The Kier molecular flexibility index (Phi) is 4.63. The first-order valence-corrected chi connectivity index (χ1v) is 9.91. The van der Waals surface area contributed by atoms with E-state index in [0.29, 0.717) is 0 Å². The van der Waals surface area contributed by atoms with Crippen molar-refractivity contribution >= 4 is 42.9 Å². The molecule has 0 amide bonds. The summed E-state index contributed by atoms with van der Waals surface area (Å²) >= 11 is 7.01. The molecule has 0 bridgehead atoms. The number of halogens is 2. The Morgan fingerprint density at radius 3 is 1.23 bits per heavy atom. The number of nitrogens with zero attached hydrogens (tertiary/aromatic N) is 2. The zero-order valence-corrected chi connectivity index (χ0v) is 17.6. The third kappa shape index (κ3) is 3.19. The molecule has 0 aliphatic carbocycles. The minimum atomic E-state index is 0.941. The van der Waals surface area contributed by atoms with Crippen molar-refractivity contribution < 1.29 is 0 Å². The van der Waals surface area contributed by atoms with Crippen LogP contribution in [0.5, 0.6) is 0 Å². The second-order valence-corrected chi connectivity index (χ2v) is 8.10. The van der Waals surface area contributed by atoms with E-state index in [0.717, 1.165) is 53.6 Å². The molecule has 0 unspecified atom stereocenters. The monoisotopic (exact) mass is 466 g/mol. The summed E-state index contributed by atoms with van der Waals surface area (Å²) in [5.74, 6) is 0. The van der Waals surface area contributed by atoms with E-state index >= 15 is 0 Å². The first kappa shape index (κ1) is 17.4. The third-order valence-corrected chi connectivity index (χ3v) is 5.60. The molecule has 0 saturated heterocycles. The van der Waals surface area contributed by atoms with Gasteiger partial charge in [-0.3, -0.25) is 0 Å². The molecular weight excluding hydrogens is 452 g/mol. The summed E-state index contributed by atoms with van der Waals surface area (Å²) < 4.78 is 2.13. The van der Waals surface area contributed by atoms with Crippen molar-refractivity contribution in [3.63, 3.8) is 0 Å². The predicted molar refractivity (Wildman–Crippen MR) is 115 cm³/mol. The normalized spacial score (nSPS) is 11.1. The van der Waals surface area contributed by atoms with Gasteiger partial charge in [0.25, 0.3) is 0 Å². The molecule has 0 aliphatic rings. The number of rotatable bonds is 2. The summed E-state index contributed by atoms with van der Waals surface area (Å²) in [5, 5.41) is 0. The highest BCUT2D eigenvalue weighted by molar-refractivity contribution is 9.10. The number of benzene rings is 3. The lowest BCUT2D eigenvalue weighted by Crippen LogP contribution is -1.97. The topological polar surface area (TPSA) is 25.8 Å². The molecule has 1 aromatic heterocycles. The van der Waals surface area contributed by atoms with Gasteiger partial charge in [0.1, 0.15) is 0 Å². The first-order chi connectivity index (χ1) is 12.5. The van der Waals surface area contributed by atoms with Crippen LogP contribution in [0.1, 0.15) is 11.4 Å². The van der Waals surface area contributed by atoms with Gasteiger partial charge < -0.3 is 0 Å². The van der Waals surface area contributed by atoms with E-state index in [9.17, 15) is 0 Å². The van der Waals surface area contributed by atoms with Crippen LogP contribution in [0.3, 0.4) is 0 Å². The van der Waals surface area contributed by atoms with Gasteiger partial charge in [-0.1, -0.05) is 68.3 Å². The van der Waals surface area contributed by atoms with E-state index in [1.807, 2.05) is 13.8 Å². The number of aryl methyl sites for hydroxylation is 2. The van der Waals surface area contributed by atoms with Gasteiger partial charge in [-0.05, 0) is 49.2 Å². The molecule has 0 N–H and O–H groups in total. The molecule has 26 heavy (non-hydrogen) atoms. The maximum Gasteiger partial charge on any atom is 0.0974 e. The van der Waals surface area contributed by atoms with E-state index in [1.54, 1.807) is 0 Å². The van der Waals surface area contributed by atoms with Crippen LogP contribution >= 0.6 is 31.9 Å². The fourth-order valence-corrected chi connectivity index (χ4v) is 3.56. The van der Waals surface area contributed by atoms with Crippen LogP contribution in [0, 0.1) is 13.8 Å². The lowest BCUT2D eigenvalue weighted by Gasteiger charge is -2.13. The van der Waals surface area contributed by atoms with E-state index in [2.05, 4.69) is 92.5 Å². The van der Waals surface area contributed by atoms with Gasteiger partial charge in [0.2, 0.25) is 0 Å². The Morgan fingerprint density at radius 2 is 0.885 bits per heavy atom. The summed E-state index contributed by atoms with van der Waals surface area (Å²) in [5.41, 5.74) is 8.28. The minimum absolute atomic E-state index is 0.941. The highest BCUT2D eigenvalue weighted by Crippen LogP contribution is 2.35. The fraction of sp³-hybridized carbons (Fsp3) is 0.0909. The minimum Gasteiger partial charge on any atom is -0.249 e. The highest BCUT2D eigenvalue weighted by Gasteiger charge is 2.14. The van der Waals surface area contributed by atoms with E-state index in [1.165, 1.54) is 0 Å². The number of hydrogen-bond donors (Lipinski definition) is 0. The summed E-state index contributed by atoms with van der Waals surface area (Å²) in [6.07, 6.45) is 0. The zero-order valence-electron chi connectivity index (χ0n) is 14.4. The van der Waals surface area contributed by atoms with Crippen molar-refractivity contribution in [2.75, 3.05) is 0 Å². The van der Waals surface area contributed by atoms with Crippen LogP contribution in [-0.4, -0.2) is 9.97 Å². The van der Waals surface area contributed by atoms with E-state index < -0.39 is 0 Å². The molecule has 0 spiro atoms. The predicted octanol–water partition coefficient (Wildman–Crippen LogP) is 7.11. The van der Waals surface area contributed by atoms with Crippen LogP contribution in [0.15, 0.2) is 69.6 Å². The van der Waals surface area contributed by atoms with Gasteiger partial charge >= 0.3 is 0 Å². The standard InChI is InChI=1S/C22H16Br2N2/c1-13-14(2)26-22-20(16-5-9-18(24)10-6-16)12-11-19(21(22)25-13)15-3-7-17(23)8-4-15/h3-12H,1-2H3. The molecule has 0 aliphatic heterocycles. The van der Waals surface area contributed by atoms with Crippen molar-refractivity contribution in [3.8, 4) is 22.3 Å². The Bertz CT molecular complexity index is 1010. The molecule has 4 aromatic rings. The van der Waals surface area contributed by atoms with Crippen LogP contribution in [0.25, 0.3) is 33.3 Å². The molecule has 1 heterocycles. The summed E-state index contributed by atoms with van der Waals surface area (Å²) in [4.78, 5) is 9.79. The first-order valence-electron chi connectivity index (χ1n) is 8.33. The molecule has 0 atom stereocenters. The van der Waals surface area contributed by atoms with E-state index in [-0.39, 0.29) is 0 Å². The molecule has 2 nitrogen and oxygen atoms in total. The SMILES string of the molecule is Cc1nc2c(-c3ccc(Br)cc3)ccc(-c3ccc(Br)cc3)c2nc1C. The summed E-state index contributed by atoms with van der Waals surface area (Å²) in [6, 6.07) is 20.9. The Labute approximate surface area is 169 Å². The maximum absolute atomic E-state index is 4.89. The largest absolute Gasteiger partial charge is 0.249 e. The lowest BCUT2D eigenvalue weighted by molar-refractivity contribution is 1.10. The Hall–Kier alpha value is -2.04. The van der Waals surface area contributed by atoms with Gasteiger partial charge in [-0.25, -0.2) is 9.97 Å². The maximum atomic E-state index is 4.89. The second-order valence-electron chi connectivity index (χ2n) is 6.27. The highest BCUT2D eigenvalue weighted by atomic mass is 79.9. The van der Waals surface area contributed by atoms with Crippen LogP contribution in [-0.2, 0) is 0 Å². The molecule has 4 rings (SSSR count). The van der Waals surface area contributed by atoms with Crippen LogP contribution in [0.2, 0.25) is 0 Å². The van der Waals surface area contributed by atoms with Crippen LogP contribution < -0.4 is 0 Å².